The third-order valence-corrected chi connectivity index (χ3v) is 6.44. The second kappa shape index (κ2) is 5.74. The largest absolute Gasteiger partial charge is 0.463 e. The molecule has 4 rings (SSSR count). The van der Waals surface area contributed by atoms with Gasteiger partial charge in [0.25, 0.3) is 0 Å². The van der Waals surface area contributed by atoms with Crippen LogP contribution in [0.15, 0.2) is 24.3 Å². The summed E-state index contributed by atoms with van der Waals surface area (Å²) in [6, 6.07) is 8.26. The summed E-state index contributed by atoms with van der Waals surface area (Å²) in [7, 11) is -0.330. The Bertz CT molecular complexity index is 754. The molecule has 2 bridgehead atoms. The number of fused-ring (bicyclic) bond motifs is 5. The van der Waals surface area contributed by atoms with Gasteiger partial charge in [-0.2, -0.15) is 0 Å². The summed E-state index contributed by atoms with van der Waals surface area (Å²) < 4.78 is 18.4. The quantitative estimate of drug-likeness (QED) is 0.660. The molecule has 146 valence electrons. The van der Waals surface area contributed by atoms with Gasteiger partial charge in [0.05, 0.1) is 23.3 Å². The Morgan fingerprint density at radius 2 is 1.67 bits per heavy atom. The molecule has 5 nitrogen and oxygen atoms in total. The minimum absolute atomic E-state index is 0.0186. The van der Waals surface area contributed by atoms with Crippen LogP contribution < -0.4 is 0 Å². The van der Waals surface area contributed by atoms with E-state index < -0.39 is 5.60 Å². The molecule has 3 aliphatic rings. The zero-order chi connectivity index (χ0) is 19.8. The van der Waals surface area contributed by atoms with Gasteiger partial charge in [-0.3, -0.25) is 4.90 Å². The molecule has 0 aromatic heterocycles. The summed E-state index contributed by atoms with van der Waals surface area (Å²) in [5, 5.41) is 0. The molecule has 2 saturated heterocycles. The lowest BCUT2D eigenvalue weighted by Gasteiger charge is -2.32. The van der Waals surface area contributed by atoms with Gasteiger partial charge in [-0.05, 0) is 66.0 Å². The highest BCUT2D eigenvalue weighted by molar-refractivity contribution is 6.48. The van der Waals surface area contributed by atoms with Crippen LogP contribution in [0.5, 0.6) is 0 Å². The second-order valence-corrected chi connectivity index (χ2v) is 10.0. The van der Waals surface area contributed by atoms with Crippen molar-refractivity contribution in [3.63, 3.8) is 0 Å². The van der Waals surface area contributed by atoms with Gasteiger partial charge in [0, 0.05) is 5.82 Å². The van der Waals surface area contributed by atoms with Gasteiger partial charge in [0.1, 0.15) is 5.60 Å². The number of carbonyl (C=O) groups excluding carboxylic acids is 1. The van der Waals surface area contributed by atoms with E-state index >= 15 is 0 Å². The summed E-state index contributed by atoms with van der Waals surface area (Å²) in [5.41, 5.74) is 1.14. The Morgan fingerprint density at radius 1 is 1.11 bits per heavy atom. The van der Waals surface area contributed by atoms with Gasteiger partial charge in [-0.15, -0.1) is 0 Å². The van der Waals surface area contributed by atoms with Crippen LogP contribution in [-0.4, -0.2) is 34.9 Å². The molecule has 1 aromatic carbocycles. The molecule has 3 atom stereocenters. The molecule has 0 radical (unpaired) electrons. The minimum atomic E-state index is -0.523. The van der Waals surface area contributed by atoms with Crippen molar-refractivity contribution in [3.8, 4) is 0 Å². The molecule has 1 aromatic rings. The molecule has 27 heavy (non-hydrogen) atoms. The van der Waals surface area contributed by atoms with Crippen LogP contribution in [0.1, 0.15) is 78.1 Å². The van der Waals surface area contributed by atoms with Crippen molar-refractivity contribution in [2.75, 3.05) is 0 Å². The Kier molecular flexibility index (Phi) is 4.00. The number of ether oxygens (including phenoxy) is 1. The summed E-state index contributed by atoms with van der Waals surface area (Å²) in [6.45, 7) is 14.0. The maximum atomic E-state index is 13.0. The first-order chi connectivity index (χ1) is 12.4. The molecular formula is C21H30BNO4. The maximum Gasteiger partial charge on any atom is 0.463 e. The van der Waals surface area contributed by atoms with E-state index in [1.54, 1.807) is 0 Å². The molecule has 0 spiro atoms. The van der Waals surface area contributed by atoms with Crippen LogP contribution in [0.25, 0.3) is 0 Å². The number of nitrogens with zero attached hydrogens (tertiary/aromatic N) is 1. The number of amides is 1. The highest BCUT2D eigenvalue weighted by Crippen LogP contribution is 2.61. The van der Waals surface area contributed by atoms with Crippen molar-refractivity contribution >= 4 is 13.2 Å². The Morgan fingerprint density at radius 3 is 2.22 bits per heavy atom. The topological polar surface area (TPSA) is 48.0 Å². The van der Waals surface area contributed by atoms with E-state index in [1.807, 2.05) is 37.8 Å². The standard InChI is InChI=1S/C21H30BNO4/c1-19(2,3)25-18(24)23-16-12-15(17(23)14-11-9-8-10-13(14)16)22-26-20(4,5)21(6,7)27-22/h8-11,15-17H,12H2,1-7H3/t15-,16+,17+/m0/s1. The maximum absolute atomic E-state index is 13.0. The number of benzene rings is 1. The van der Waals surface area contributed by atoms with Crippen LogP contribution in [0.4, 0.5) is 4.79 Å². The lowest BCUT2D eigenvalue weighted by atomic mass is 9.63. The van der Waals surface area contributed by atoms with E-state index in [9.17, 15) is 4.79 Å². The van der Waals surface area contributed by atoms with Gasteiger partial charge < -0.3 is 14.0 Å². The molecular weight excluding hydrogens is 341 g/mol. The van der Waals surface area contributed by atoms with E-state index in [1.165, 1.54) is 11.1 Å². The molecule has 1 amide bonds. The normalized spacial score (nSPS) is 30.6. The first-order valence-corrected chi connectivity index (χ1v) is 9.87. The van der Waals surface area contributed by atoms with Crippen LogP contribution in [0, 0.1) is 0 Å². The van der Waals surface area contributed by atoms with Crippen LogP contribution >= 0.6 is 0 Å². The fraction of sp³-hybridized carbons (Fsp3) is 0.667. The SMILES string of the molecule is CC(C)(C)OC(=O)N1[C@@H]2C[C@H](B3OC(C)(C)C(C)(C)O3)[C@H]1c1ccccc12. The first kappa shape index (κ1) is 18.8. The minimum Gasteiger partial charge on any atom is -0.444 e. The Hall–Kier alpha value is -1.53. The fourth-order valence-electron chi connectivity index (χ4n) is 4.52. The van der Waals surface area contributed by atoms with Crippen molar-refractivity contribution in [2.24, 2.45) is 0 Å². The van der Waals surface area contributed by atoms with Crippen molar-refractivity contribution in [2.45, 2.75) is 89.6 Å². The zero-order valence-electron chi connectivity index (χ0n) is 17.4. The Labute approximate surface area is 162 Å². The van der Waals surface area contributed by atoms with Crippen LogP contribution in [0.2, 0.25) is 5.82 Å². The highest BCUT2D eigenvalue weighted by Gasteiger charge is 2.62. The van der Waals surface area contributed by atoms with Crippen molar-refractivity contribution < 1.29 is 18.8 Å². The van der Waals surface area contributed by atoms with Crippen molar-refractivity contribution in [1.29, 1.82) is 0 Å². The van der Waals surface area contributed by atoms with E-state index in [-0.39, 0.29) is 42.3 Å². The van der Waals surface area contributed by atoms with Crippen molar-refractivity contribution in [3.05, 3.63) is 35.4 Å². The number of carbonyl (C=O) groups is 1. The summed E-state index contributed by atoms with van der Waals surface area (Å²) in [6.07, 6.45) is 0.574. The predicted octanol–water partition coefficient (Wildman–Crippen LogP) is 4.89. The summed E-state index contributed by atoms with van der Waals surface area (Å²) >= 11 is 0. The Balaban J connectivity index is 1.67. The highest BCUT2D eigenvalue weighted by atomic mass is 16.7. The lowest BCUT2D eigenvalue weighted by Crippen LogP contribution is -2.41. The first-order valence-electron chi connectivity index (χ1n) is 9.87. The van der Waals surface area contributed by atoms with Gasteiger partial charge in [0.2, 0.25) is 0 Å². The van der Waals surface area contributed by atoms with Crippen LogP contribution in [-0.2, 0) is 14.0 Å². The van der Waals surface area contributed by atoms with E-state index in [2.05, 4.69) is 39.8 Å². The number of hydrogen-bond donors (Lipinski definition) is 0. The van der Waals surface area contributed by atoms with Gasteiger partial charge >= 0.3 is 13.2 Å². The zero-order valence-corrected chi connectivity index (χ0v) is 17.4. The van der Waals surface area contributed by atoms with Crippen molar-refractivity contribution in [1.82, 2.24) is 4.90 Å². The molecule has 6 heteroatoms. The lowest BCUT2D eigenvalue weighted by molar-refractivity contribution is 0.00578. The summed E-state index contributed by atoms with van der Waals surface area (Å²) in [4.78, 5) is 14.9. The third kappa shape index (κ3) is 2.88. The average Bonchev–Trinajstić information content (AvgIpc) is 3.12. The number of rotatable bonds is 1. The molecule has 3 aliphatic heterocycles. The van der Waals surface area contributed by atoms with Gasteiger partial charge in [-0.1, -0.05) is 24.3 Å². The van der Waals surface area contributed by atoms with E-state index in [0.29, 0.717) is 0 Å². The molecule has 0 aliphatic carbocycles. The van der Waals surface area contributed by atoms with E-state index in [4.69, 9.17) is 14.0 Å². The monoisotopic (exact) mass is 371 g/mol. The molecule has 0 unspecified atom stereocenters. The number of hydrogen-bond acceptors (Lipinski definition) is 4. The third-order valence-electron chi connectivity index (χ3n) is 6.44. The van der Waals surface area contributed by atoms with E-state index in [0.717, 1.165) is 6.42 Å². The predicted molar refractivity (Wildman–Crippen MR) is 104 cm³/mol. The summed E-state index contributed by atoms with van der Waals surface area (Å²) in [5.74, 6) is 0.0958. The smallest absolute Gasteiger partial charge is 0.444 e. The fourth-order valence-corrected chi connectivity index (χ4v) is 4.52. The molecule has 0 saturated carbocycles. The average molecular weight is 371 g/mol. The molecule has 2 fully saturated rings. The van der Waals surface area contributed by atoms with Crippen LogP contribution in [0.3, 0.4) is 0 Å². The second-order valence-electron chi connectivity index (χ2n) is 10.0. The molecule has 3 heterocycles. The van der Waals surface area contributed by atoms with Gasteiger partial charge in [-0.25, -0.2) is 4.79 Å². The molecule has 0 N–H and O–H groups in total. The van der Waals surface area contributed by atoms with Gasteiger partial charge in [0.15, 0.2) is 0 Å².